The fraction of sp³-hybridized carbons (Fsp3) is 0.200. The molecule has 4 nitrogen and oxygen atoms in total. The molecule has 0 radical (unpaired) electrons. The second-order valence-corrected chi connectivity index (χ2v) is 5.97. The molecule has 0 bridgehead atoms. The summed E-state index contributed by atoms with van der Waals surface area (Å²) in [6, 6.07) is 18.6. The smallest absolute Gasteiger partial charge is 0.136 e. The average Bonchev–Trinajstić information content (AvgIpc) is 2.55. The van der Waals surface area contributed by atoms with Gasteiger partial charge in [-0.05, 0) is 38.0 Å². The van der Waals surface area contributed by atoms with E-state index in [2.05, 4.69) is 64.8 Å². The van der Waals surface area contributed by atoms with Crippen molar-refractivity contribution in [3.8, 4) is 0 Å². The maximum Gasteiger partial charge on any atom is 0.136 e. The lowest BCUT2D eigenvalue weighted by Gasteiger charge is -2.12. The van der Waals surface area contributed by atoms with Crippen molar-refractivity contribution in [1.29, 1.82) is 0 Å². The van der Waals surface area contributed by atoms with Crippen LogP contribution in [0.15, 0.2) is 54.6 Å². The standard InChI is InChI=1S/C20H22N4/c1-14-7-6-9-17(11-14)13-21-19-12-20(23-16(3)22-19)24-18-10-5-4-8-15(18)2/h4-12H,13H2,1-3H3,(H2,21,22,23,24). The molecule has 0 spiro atoms. The summed E-state index contributed by atoms with van der Waals surface area (Å²) in [6.45, 7) is 6.82. The minimum Gasteiger partial charge on any atom is -0.366 e. The highest BCUT2D eigenvalue weighted by atomic mass is 15.1. The molecule has 0 aliphatic carbocycles. The van der Waals surface area contributed by atoms with Crippen LogP contribution in [0.3, 0.4) is 0 Å². The van der Waals surface area contributed by atoms with E-state index in [0.717, 1.165) is 29.7 Å². The number of nitrogens with one attached hydrogen (secondary N) is 2. The van der Waals surface area contributed by atoms with Crippen molar-refractivity contribution >= 4 is 17.3 Å². The van der Waals surface area contributed by atoms with Gasteiger partial charge in [0.25, 0.3) is 0 Å². The number of anilines is 3. The van der Waals surface area contributed by atoms with Crippen molar-refractivity contribution < 1.29 is 0 Å². The molecule has 2 aromatic carbocycles. The van der Waals surface area contributed by atoms with E-state index < -0.39 is 0 Å². The fourth-order valence-corrected chi connectivity index (χ4v) is 2.59. The van der Waals surface area contributed by atoms with Gasteiger partial charge in [-0.25, -0.2) is 9.97 Å². The predicted molar refractivity (Wildman–Crippen MR) is 99.7 cm³/mol. The fourth-order valence-electron chi connectivity index (χ4n) is 2.59. The summed E-state index contributed by atoms with van der Waals surface area (Å²) in [7, 11) is 0. The number of para-hydroxylation sites is 1. The van der Waals surface area contributed by atoms with Gasteiger partial charge in [0.1, 0.15) is 17.5 Å². The van der Waals surface area contributed by atoms with E-state index in [1.807, 2.05) is 31.2 Å². The normalized spacial score (nSPS) is 10.5. The highest BCUT2D eigenvalue weighted by Crippen LogP contribution is 2.20. The van der Waals surface area contributed by atoms with Crippen LogP contribution >= 0.6 is 0 Å². The third-order valence-electron chi connectivity index (χ3n) is 3.80. The van der Waals surface area contributed by atoms with Crippen LogP contribution in [0, 0.1) is 20.8 Å². The van der Waals surface area contributed by atoms with Gasteiger partial charge in [-0.3, -0.25) is 0 Å². The molecule has 1 aromatic heterocycles. The zero-order valence-electron chi connectivity index (χ0n) is 14.3. The van der Waals surface area contributed by atoms with E-state index in [1.165, 1.54) is 16.7 Å². The van der Waals surface area contributed by atoms with E-state index in [0.29, 0.717) is 0 Å². The summed E-state index contributed by atoms with van der Waals surface area (Å²) in [5.74, 6) is 2.35. The van der Waals surface area contributed by atoms with Crippen LogP contribution in [0.4, 0.5) is 17.3 Å². The van der Waals surface area contributed by atoms with Gasteiger partial charge in [0.15, 0.2) is 0 Å². The molecule has 0 saturated heterocycles. The number of hydrogen-bond acceptors (Lipinski definition) is 4. The Morgan fingerprint density at radius 2 is 1.62 bits per heavy atom. The van der Waals surface area contributed by atoms with Crippen molar-refractivity contribution in [3.63, 3.8) is 0 Å². The Labute approximate surface area is 143 Å². The lowest BCUT2D eigenvalue weighted by molar-refractivity contribution is 1.02. The molecular weight excluding hydrogens is 296 g/mol. The van der Waals surface area contributed by atoms with Gasteiger partial charge >= 0.3 is 0 Å². The molecule has 1 heterocycles. The molecule has 3 rings (SSSR count). The molecule has 0 aliphatic heterocycles. The number of hydrogen-bond donors (Lipinski definition) is 2. The molecule has 24 heavy (non-hydrogen) atoms. The van der Waals surface area contributed by atoms with Crippen LogP contribution in [-0.4, -0.2) is 9.97 Å². The Bertz CT molecular complexity index is 843. The number of nitrogens with zero attached hydrogens (tertiary/aromatic N) is 2. The highest BCUT2D eigenvalue weighted by molar-refractivity contribution is 5.62. The molecule has 0 atom stereocenters. The van der Waals surface area contributed by atoms with Crippen molar-refractivity contribution in [2.75, 3.05) is 10.6 Å². The maximum absolute atomic E-state index is 4.48. The average molecular weight is 318 g/mol. The van der Waals surface area contributed by atoms with Gasteiger partial charge in [-0.15, -0.1) is 0 Å². The minimum absolute atomic E-state index is 0.736. The van der Waals surface area contributed by atoms with E-state index >= 15 is 0 Å². The highest BCUT2D eigenvalue weighted by Gasteiger charge is 2.04. The lowest BCUT2D eigenvalue weighted by Crippen LogP contribution is -2.05. The maximum atomic E-state index is 4.48. The summed E-state index contributed by atoms with van der Waals surface area (Å²) < 4.78 is 0. The van der Waals surface area contributed by atoms with E-state index in [1.54, 1.807) is 0 Å². The molecule has 2 N–H and O–H groups in total. The molecule has 0 saturated carbocycles. The van der Waals surface area contributed by atoms with E-state index in [-0.39, 0.29) is 0 Å². The molecule has 0 amide bonds. The number of aromatic nitrogens is 2. The second-order valence-electron chi connectivity index (χ2n) is 5.97. The quantitative estimate of drug-likeness (QED) is 0.712. The number of benzene rings is 2. The topological polar surface area (TPSA) is 49.8 Å². The Balaban J connectivity index is 1.75. The zero-order valence-corrected chi connectivity index (χ0v) is 14.3. The van der Waals surface area contributed by atoms with Crippen molar-refractivity contribution in [1.82, 2.24) is 9.97 Å². The van der Waals surface area contributed by atoms with Gasteiger partial charge in [-0.1, -0.05) is 48.0 Å². The van der Waals surface area contributed by atoms with Crippen LogP contribution in [-0.2, 0) is 6.54 Å². The first kappa shape index (κ1) is 16.0. The second kappa shape index (κ2) is 7.13. The Kier molecular flexibility index (Phi) is 4.75. The first-order valence-corrected chi connectivity index (χ1v) is 8.08. The minimum atomic E-state index is 0.736. The molecule has 122 valence electrons. The molecule has 0 aliphatic rings. The molecule has 3 aromatic rings. The van der Waals surface area contributed by atoms with Crippen LogP contribution < -0.4 is 10.6 Å². The van der Waals surface area contributed by atoms with Crippen LogP contribution in [0.25, 0.3) is 0 Å². The van der Waals surface area contributed by atoms with Gasteiger partial charge in [0.2, 0.25) is 0 Å². The van der Waals surface area contributed by atoms with Gasteiger partial charge in [0.05, 0.1) is 0 Å². The van der Waals surface area contributed by atoms with Gasteiger partial charge in [-0.2, -0.15) is 0 Å². The molecule has 4 heteroatoms. The molecule has 0 fully saturated rings. The number of aryl methyl sites for hydroxylation is 3. The Hall–Kier alpha value is -2.88. The SMILES string of the molecule is Cc1cccc(CNc2cc(Nc3ccccc3C)nc(C)n2)c1. The summed E-state index contributed by atoms with van der Waals surface area (Å²) in [5, 5.41) is 6.75. The third-order valence-corrected chi connectivity index (χ3v) is 3.80. The summed E-state index contributed by atoms with van der Waals surface area (Å²) in [5.41, 5.74) is 4.73. The van der Waals surface area contributed by atoms with Crippen molar-refractivity contribution in [2.45, 2.75) is 27.3 Å². The monoisotopic (exact) mass is 318 g/mol. The summed E-state index contributed by atoms with van der Waals surface area (Å²) >= 11 is 0. The van der Waals surface area contributed by atoms with Gasteiger partial charge < -0.3 is 10.6 Å². The van der Waals surface area contributed by atoms with E-state index in [4.69, 9.17) is 0 Å². The van der Waals surface area contributed by atoms with Crippen LogP contribution in [0.1, 0.15) is 22.5 Å². The zero-order chi connectivity index (χ0) is 16.9. The predicted octanol–water partition coefficient (Wildman–Crippen LogP) is 4.76. The van der Waals surface area contributed by atoms with E-state index in [9.17, 15) is 0 Å². The Morgan fingerprint density at radius 3 is 2.42 bits per heavy atom. The van der Waals surface area contributed by atoms with Crippen molar-refractivity contribution in [3.05, 3.63) is 77.1 Å². The van der Waals surface area contributed by atoms with Crippen LogP contribution in [0.2, 0.25) is 0 Å². The van der Waals surface area contributed by atoms with Gasteiger partial charge in [0, 0.05) is 18.3 Å². The number of rotatable bonds is 5. The first-order valence-electron chi connectivity index (χ1n) is 8.08. The largest absolute Gasteiger partial charge is 0.366 e. The van der Waals surface area contributed by atoms with Crippen LogP contribution in [0.5, 0.6) is 0 Å². The summed E-state index contributed by atoms with van der Waals surface area (Å²) in [6.07, 6.45) is 0. The first-order chi connectivity index (χ1) is 11.6. The molecule has 0 unspecified atom stereocenters. The lowest BCUT2D eigenvalue weighted by atomic mass is 10.1. The van der Waals surface area contributed by atoms with Crippen molar-refractivity contribution in [2.24, 2.45) is 0 Å². The third kappa shape index (κ3) is 4.10. The Morgan fingerprint density at radius 1 is 0.833 bits per heavy atom. The summed E-state index contributed by atoms with van der Waals surface area (Å²) in [4.78, 5) is 8.95. The molecular formula is C20H22N4.